The van der Waals surface area contributed by atoms with Crippen molar-refractivity contribution in [1.29, 1.82) is 0 Å². The second kappa shape index (κ2) is 9.58. The molecule has 8 heteroatoms. The lowest BCUT2D eigenvalue weighted by Crippen LogP contribution is -2.53. The number of nitrogens with zero attached hydrogens (tertiary/aromatic N) is 2. The van der Waals surface area contributed by atoms with Gasteiger partial charge in [-0.1, -0.05) is 18.2 Å². The number of aromatic nitrogens is 1. The minimum Gasteiger partial charge on any atom is -0.377 e. The van der Waals surface area contributed by atoms with Gasteiger partial charge in [-0.25, -0.2) is 0 Å². The molecule has 0 bridgehead atoms. The predicted molar refractivity (Wildman–Crippen MR) is 133 cm³/mol. The van der Waals surface area contributed by atoms with Crippen molar-refractivity contribution < 1.29 is 22.7 Å². The standard InChI is InChI=1S/C28H28F3N3O2/c1-17-3-6-22(33-27(35)20-7-8-32-26(13-20)28(2,30)31)14-23(17)18-4-5-19-11-21(15-29)25-16-36-10-9-34(25)24(19)12-18/h3-8,12-14,21,25H,9-11,15-16H2,1-2H3,(H,33,35)/t21-,25-/m0/s1. The van der Waals surface area contributed by atoms with Crippen LogP contribution in [0.25, 0.3) is 11.1 Å². The van der Waals surface area contributed by atoms with E-state index in [1.807, 2.05) is 25.1 Å². The van der Waals surface area contributed by atoms with Crippen molar-refractivity contribution >= 4 is 17.3 Å². The van der Waals surface area contributed by atoms with Gasteiger partial charge in [-0.2, -0.15) is 8.78 Å². The number of pyridine rings is 1. The second-order valence-electron chi connectivity index (χ2n) is 9.60. The third kappa shape index (κ3) is 4.69. The summed E-state index contributed by atoms with van der Waals surface area (Å²) in [4.78, 5) is 18.7. The van der Waals surface area contributed by atoms with Crippen LogP contribution in [-0.2, 0) is 17.1 Å². The van der Waals surface area contributed by atoms with Gasteiger partial charge in [-0.05, 0) is 65.9 Å². The summed E-state index contributed by atoms with van der Waals surface area (Å²) in [5, 5.41) is 2.82. The maximum absolute atomic E-state index is 13.7. The van der Waals surface area contributed by atoms with Crippen LogP contribution in [-0.4, -0.2) is 43.4 Å². The van der Waals surface area contributed by atoms with Crippen LogP contribution in [0, 0.1) is 12.8 Å². The molecule has 36 heavy (non-hydrogen) atoms. The van der Waals surface area contributed by atoms with Crippen LogP contribution in [0.2, 0.25) is 0 Å². The number of carbonyl (C=O) groups excluding carboxylic acids is 1. The lowest BCUT2D eigenvalue weighted by molar-refractivity contribution is 0.0127. The van der Waals surface area contributed by atoms with E-state index < -0.39 is 17.5 Å². The van der Waals surface area contributed by atoms with E-state index in [-0.39, 0.29) is 24.2 Å². The summed E-state index contributed by atoms with van der Waals surface area (Å²) >= 11 is 0. The molecule has 0 aliphatic carbocycles. The minimum atomic E-state index is -3.14. The molecular weight excluding hydrogens is 467 g/mol. The van der Waals surface area contributed by atoms with E-state index in [0.29, 0.717) is 25.3 Å². The minimum absolute atomic E-state index is 0.0268. The molecule has 1 aromatic heterocycles. The molecule has 1 amide bonds. The van der Waals surface area contributed by atoms with E-state index >= 15 is 0 Å². The van der Waals surface area contributed by atoms with Crippen LogP contribution in [0.5, 0.6) is 0 Å². The molecule has 2 aromatic carbocycles. The Kier molecular flexibility index (Phi) is 6.47. The number of hydrogen-bond donors (Lipinski definition) is 1. The number of rotatable bonds is 5. The Labute approximate surface area is 208 Å². The summed E-state index contributed by atoms with van der Waals surface area (Å²) in [5.41, 5.74) is 5.41. The summed E-state index contributed by atoms with van der Waals surface area (Å²) in [6, 6.07) is 14.4. The van der Waals surface area contributed by atoms with Gasteiger partial charge in [0, 0.05) is 42.5 Å². The summed E-state index contributed by atoms with van der Waals surface area (Å²) in [5.74, 6) is -3.70. The molecule has 0 saturated carbocycles. The molecule has 5 rings (SSSR count). The normalized spacial score (nSPS) is 19.4. The van der Waals surface area contributed by atoms with Crippen LogP contribution in [0.1, 0.15) is 34.1 Å². The van der Waals surface area contributed by atoms with E-state index in [0.717, 1.165) is 47.5 Å². The van der Waals surface area contributed by atoms with Gasteiger partial charge >= 0.3 is 0 Å². The molecule has 1 saturated heterocycles. The van der Waals surface area contributed by atoms with Crippen molar-refractivity contribution in [2.75, 3.05) is 36.6 Å². The zero-order chi connectivity index (χ0) is 25.4. The van der Waals surface area contributed by atoms with Crippen molar-refractivity contribution in [3.05, 3.63) is 77.1 Å². The van der Waals surface area contributed by atoms with Gasteiger partial charge in [0.1, 0.15) is 5.69 Å². The third-order valence-electron chi connectivity index (χ3n) is 7.06. The van der Waals surface area contributed by atoms with Crippen LogP contribution in [0.15, 0.2) is 54.7 Å². The first-order valence-electron chi connectivity index (χ1n) is 12.0. The number of ether oxygens (including phenoxy) is 1. The maximum Gasteiger partial charge on any atom is 0.286 e. The monoisotopic (exact) mass is 495 g/mol. The van der Waals surface area contributed by atoms with Crippen molar-refractivity contribution in [2.45, 2.75) is 32.2 Å². The van der Waals surface area contributed by atoms with Crippen molar-refractivity contribution in [3.8, 4) is 11.1 Å². The van der Waals surface area contributed by atoms with Crippen LogP contribution in [0.3, 0.4) is 0 Å². The van der Waals surface area contributed by atoms with Crippen LogP contribution < -0.4 is 10.2 Å². The first-order chi connectivity index (χ1) is 17.2. The van der Waals surface area contributed by atoms with Crippen molar-refractivity contribution in [3.63, 3.8) is 0 Å². The average Bonchev–Trinajstić information content (AvgIpc) is 2.88. The van der Waals surface area contributed by atoms with Gasteiger partial charge in [0.05, 0.1) is 25.9 Å². The molecule has 2 aliphatic rings. The molecule has 3 aromatic rings. The number of anilines is 2. The molecule has 188 valence electrons. The topological polar surface area (TPSA) is 54.5 Å². The van der Waals surface area contributed by atoms with E-state index in [4.69, 9.17) is 4.74 Å². The van der Waals surface area contributed by atoms with Gasteiger partial charge in [0.25, 0.3) is 11.8 Å². The first kappa shape index (κ1) is 24.3. The molecule has 3 heterocycles. The second-order valence-corrected chi connectivity index (χ2v) is 9.60. The predicted octanol–water partition coefficient (Wildman–Crippen LogP) is 5.77. The van der Waals surface area contributed by atoms with E-state index in [1.165, 1.54) is 12.3 Å². The molecule has 5 nitrogen and oxygen atoms in total. The summed E-state index contributed by atoms with van der Waals surface area (Å²) in [7, 11) is 0. The fourth-order valence-electron chi connectivity index (χ4n) is 5.09. The molecule has 0 spiro atoms. The van der Waals surface area contributed by atoms with Gasteiger partial charge < -0.3 is 15.0 Å². The van der Waals surface area contributed by atoms with Gasteiger partial charge in [0.15, 0.2) is 0 Å². The number of halogens is 3. The molecule has 1 N–H and O–H groups in total. The fourth-order valence-corrected chi connectivity index (χ4v) is 5.09. The first-order valence-corrected chi connectivity index (χ1v) is 12.0. The highest BCUT2D eigenvalue weighted by Gasteiger charge is 2.36. The van der Waals surface area contributed by atoms with Gasteiger partial charge in [-0.15, -0.1) is 0 Å². The molecule has 0 unspecified atom stereocenters. The zero-order valence-electron chi connectivity index (χ0n) is 20.2. The lowest BCUT2D eigenvalue weighted by atomic mass is 9.84. The number of alkyl halides is 3. The van der Waals surface area contributed by atoms with E-state index in [1.54, 1.807) is 6.07 Å². The zero-order valence-corrected chi connectivity index (χ0v) is 20.2. The summed E-state index contributed by atoms with van der Waals surface area (Å²) in [6.45, 7) is 4.23. The Morgan fingerprint density at radius 3 is 2.81 bits per heavy atom. The Balaban J connectivity index is 1.43. The average molecular weight is 496 g/mol. The smallest absolute Gasteiger partial charge is 0.286 e. The van der Waals surface area contributed by atoms with E-state index in [9.17, 15) is 18.0 Å². The third-order valence-corrected chi connectivity index (χ3v) is 7.06. The number of carbonyl (C=O) groups is 1. The number of amides is 1. The van der Waals surface area contributed by atoms with Crippen LogP contribution in [0.4, 0.5) is 24.5 Å². The number of morpholine rings is 1. The molecule has 2 atom stereocenters. The van der Waals surface area contributed by atoms with Crippen molar-refractivity contribution in [2.24, 2.45) is 5.92 Å². The molecule has 0 radical (unpaired) electrons. The highest BCUT2D eigenvalue weighted by atomic mass is 19.3. The number of hydrogen-bond acceptors (Lipinski definition) is 4. The molecule has 1 fully saturated rings. The largest absolute Gasteiger partial charge is 0.377 e. The van der Waals surface area contributed by atoms with Gasteiger partial charge in [-0.3, -0.25) is 14.2 Å². The molecular formula is C28H28F3N3O2. The quantitative estimate of drug-likeness (QED) is 0.489. The SMILES string of the molecule is Cc1ccc(NC(=O)c2ccnc(C(C)(F)F)c2)cc1-c1ccc2c(c1)N1CCOC[C@H]1[C@H](CF)C2. The maximum atomic E-state index is 13.7. The van der Waals surface area contributed by atoms with Crippen molar-refractivity contribution in [1.82, 2.24) is 4.98 Å². The number of nitrogens with one attached hydrogen (secondary N) is 1. The Morgan fingerprint density at radius 2 is 2.03 bits per heavy atom. The Hall–Kier alpha value is -3.39. The summed E-state index contributed by atoms with van der Waals surface area (Å²) in [6.07, 6.45) is 1.89. The highest BCUT2D eigenvalue weighted by molar-refractivity contribution is 6.04. The number of aryl methyl sites for hydroxylation is 1. The van der Waals surface area contributed by atoms with Crippen LogP contribution >= 0.6 is 0 Å². The van der Waals surface area contributed by atoms with Gasteiger partial charge in [0.2, 0.25) is 0 Å². The number of fused-ring (bicyclic) bond motifs is 3. The number of benzene rings is 2. The van der Waals surface area contributed by atoms with E-state index in [2.05, 4.69) is 27.3 Å². The summed E-state index contributed by atoms with van der Waals surface area (Å²) < 4.78 is 46.7. The fraction of sp³-hybridized carbons (Fsp3) is 0.357. The highest BCUT2D eigenvalue weighted by Crippen LogP contribution is 2.39. The Morgan fingerprint density at radius 1 is 1.19 bits per heavy atom. The Bertz CT molecular complexity index is 1290. The molecule has 2 aliphatic heterocycles. The lowest BCUT2D eigenvalue weighted by Gasteiger charge is -2.45.